The molecule has 0 atom stereocenters. The molecule has 0 saturated heterocycles. The summed E-state index contributed by atoms with van der Waals surface area (Å²) in [6.45, 7) is 1.31. The van der Waals surface area contributed by atoms with Gasteiger partial charge in [0.15, 0.2) is 5.13 Å². The fourth-order valence-electron chi connectivity index (χ4n) is 2.41. The highest BCUT2D eigenvalue weighted by atomic mass is 32.1. The van der Waals surface area contributed by atoms with E-state index in [1.165, 1.54) is 18.3 Å². The zero-order chi connectivity index (χ0) is 19.9. The zero-order valence-electron chi connectivity index (χ0n) is 15.1. The molecule has 142 valence electrons. The van der Waals surface area contributed by atoms with Crippen molar-refractivity contribution in [3.63, 3.8) is 0 Å². The van der Waals surface area contributed by atoms with Crippen LogP contribution in [0.25, 0.3) is 11.3 Å². The standard InChI is InChI=1S/C20H18N4O3S/c1-13(25)22-16-9-7-14(8-10-16)17-12-28-20(23-17)24-18(26)11-21-19(27)15-5-3-2-4-6-15/h2-10,12H,11H2,1H3,(H,21,27)(H,22,25)(H,23,24,26). The molecule has 2 aromatic carbocycles. The fourth-order valence-corrected chi connectivity index (χ4v) is 3.14. The van der Waals surface area contributed by atoms with Gasteiger partial charge in [0, 0.05) is 29.1 Å². The van der Waals surface area contributed by atoms with E-state index in [0.717, 1.165) is 5.56 Å². The number of benzene rings is 2. The van der Waals surface area contributed by atoms with E-state index in [4.69, 9.17) is 0 Å². The second kappa shape index (κ2) is 8.92. The summed E-state index contributed by atoms with van der Waals surface area (Å²) in [5.74, 6) is -0.799. The lowest BCUT2D eigenvalue weighted by atomic mass is 10.1. The first kappa shape index (κ1) is 19.2. The van der Waals surface area contributed by atoms with Crippen molar-refractivity contribution in [1.82, 2.24) is 10.3 Å². The van der Waals surface area contributed by atoms with Crippen LogP contribution in [0.3, 0.4) is 0 Å². The number of nitrogens with zero attached hydrogens (tertiary/aromatic N) is 1. The van der Waals surface area contributed by atoms with E-state index in [1.54, 1.807) is 36.4 Å². The Bertz CT molecular complexity index is 984. The molecule has 0 saturated carbocycles. The highest BCUT2D eigenvalue weighted by Gasteiger charge is 2.10. The van der Waals surface area contributed by atoms with E-state index in [1.807, 2.05) is 23.6 Å². The quantitative estimate of drug-likeness (QED) is 0.598. The van der Waals surface area contributed by atoms with Crippen molar-refractivity contribution >= 4 is 39.9 Å². The van der Waals surface area contributed by atoms with Crippen LogP contribution in [0.15, 0.2) is 60.0 Å². The number of anilines is 2. The Kier molecular flexibility index (Phi) is 6.13. The summed E-state index contributed by atoms with van der Waals surface area (Å²) in [4.78, 5) is 39.4. The van der Waals surface area contributed by atoms with Gasteiger partial charge in [0.05, 0.1) is 12.2 Å². The number of hydrogen-bond acceptors (Lipinski definition) is 5. The lowest BCUT2D eigenvalue weighted by Crippen LogP contribution is -2.32. The second-order valence-electron chi connectivity index (χ2n) is 5.89. The number of hydrogen-bond donors (Lipinski definition) is 3. The SMILES string of the molecule is CC(=O)Nc1ccc(-c2csc(NC(=O)CNC(=O)c3ccccc3)n2)cc1. The summed E-state index contributed by atoms with van der Waals surface area (Å²) in [5.41, 5.74) is 2.77. The summed E-state index contributed by atoms with van der Waals surface area (Å²) in [6.07, 6.45) is 0. The van der Waals surface area contributed by atoms with E-state index >= 15 is 0 Å². The van der Waals surface area contributed by atoms with Gasteiger partial charge >= 0.3 is 0 Å². The summed E-state index contributed by atoms with van der Waals surface area (Å²) in [7, 11) is 0. The molecule has 0 aliphatic rings. The van der Waals surface area contributed by atoms with Crippen molar-refractivity contribution in [2.24, 2.45) is 0 Å². The smallest absolute Gasteiger partial charge is 0.251 e. The maximum Gasteiger partial charge on any atom is 0.251 e. The molecular weight excluding hydrogens is 376 g/mol. The van der Waals surface area contributed by atoms with Gasteiger partial charge in [-0.15, -0.1) is 11.3 Å². The van der Waals surface area contributed by atoms with Gasteiger partial charge < -0.3 is 16.0 Å². The molecule has 3 rings (SSSR count). The van der Waals surface area contributed by atoms with Gasteiger partial charge in [-0.05, 0) is 24.3 Å². The third-order valence-electron chi connectivity index (χ3n) is 3.70. The summed E-state index contributed by atoms with van der Waals surface area (Å²) in [6, 6.07) is 15.9. The summed E-state index contributed by atoms with van der Waals surface area (Å²) < 4.78 is 0. The van der Waals surface area contributed by atoms with Crippen molar-refractivity contribution in [1.29, 1.82) is 0 Å². The minimum absolute atomic E-state index is 0.134. The summed E-state index contributed by atoms with van der Waals surface area (Å²) in [5, 5.41) is 10.2. The van der Waals surface area contributed by atoms with Gasteiger partial charge in [0.25, 0.3) is 5.91 Å². The predicted octanol–water partition coefficient (Wildman–Crippen LogP) is 3.14. The third kappa shape index (κ3) is 5.24. The molecule has 0 fully saturated rings. The average molecular weight is 394 g/mol. The van der Waals surface area contributed by atoms with Gasteiger partial charge in [-0.3, -0.25) is 14.4 Å². The largest absolute Gasteiger partial charge is 0.343 e. The topological polar surface area (TPSA) is 100 Å². The maximum absolute atomic E-state index is 12.0. The van der Waals surface area contributed by atoms with Gasteiger partial charge in [-0.25, -0.2) is 4.98 Å². The van der Waals surface area contributed by atoms with E-state index < -0.39 is 0 Å². The Hall–Kier alpha value is -3.52. The number of rotatable bonds is 6. The first-order valence-corrected chi connectivity index (χ1v) is 9.36. The fraction of sp³-hybridized carbons (Fsp3) is 0.100. The lowest BCUT2D eigenvalue weighted by Gasteiger charge is -2.05. The lowest BCUT2D eigenvalue weighted by molar-refractivity contribution is -0.115. The summed E-state index contributed by atoms with van der Waals surface area (Å²) >= 11 is 1.29. The van der Waals surface area contributed by atoms with Crippen molar-refractivity contribution < 1.29 is 14.4 Å². The molecular formula is C20H18N4O3S. The number of carbonyl (C=O) groups excluding carboxylic acids is 3. The molecule has 0 unspecified atom stereocenters. The Morgan fingerprint density at radius 1 is 0.964 bits per heavy atom. The minimum atomic E-state index is -0.355. The number of thiazole rings is 1. The van der Waals surface area contributed by atoms with Crippen molar-refractivity contribution in [3.8, 4) is 11.3 Å². The Morgan fingerprint density at radius 3 is 2.36 bits per heavy atom. The van der Waals surface area contributed by atoms with E-state index in [-0.39, 0.29) is 24.3 Å². The zero-order valence-corrected chi connectivity index (χ0v) is 15.9. The van der Waals surface area contributed by atoms with Crippen LogP contribution < -0.4 is 16.0 Å². The molecule has 0 aliphatic carbocycles. The van der Waals surface area contributed by atoms with Crippen LogP contribution in [-0.4, -0.2) is 29.3 Å². The van der Waals surface area contributed by atoms with Gasteiger partial charge in [0.1, 0.15) is 0 Å². The first-order valence-electron chi connectivity index (χ1n) is 8.48. The molecule has 0 bridgehead atoms. The van der Waals surface area contributed by atoms with Gasteiger partial charge in [-0.2, -0.15) is 0 Å². The Balaban J connectivity index is 1.54. The second-order valence-corrected chi connectivity index (χ2v) is 6.75. The number of aromatic nitrogens is 1. The van der Waals surface area contributed by atoms with E-state index in [0.29, 0.717) is 22.1 Å². The molecule has 28 heavy (non-hydrogen) atoms. The van der Waals surface area contributed by atoms with Crippen LogP contribution in [0.2, 0.25) is 0 Å². The Morgan fingerprint density at radius 2 is 1.68 bits per heavy atom. The molecule has 8 heteroatoms. The van der Waals surface area contributed by atoms with E-state index in [9.17, 15) is 14.4 Å². The highest BCUT2D eigenvalue weighted by molar-refractivity contribution is 7.14. The number of carbonyl (C=O) groups is 3. The van der Waals surface area contributed by atoms with Gasteiger partial charge in [0.2, 0.25) is 11.8 Å². The average Bonchev–Trinajstić information content (AvgIpc) is 3.15. The van der Waals surface area contributed by atoms with E-state index in [2.05, 4.69) is 20.9 Å². The van der Waals surface area contributed by atoms with Crippen molar-refractivity contribution in [3.05, 3.63) is 65.5 Å². The molecule has 0 radical (unpaired) electrons. The molecule has 3 N–H and O–H groups in total. The third-order valence-corrected chi connectivity index (χ3v) is 4.45. The minimum Gasteiger partial charge on any atom is -0.343 e. The normalized spacial score (nSPS) is 10.2. The molecule has 1 heterocycles. The number of nitrogens with one attached hydrogen (secondary N) is 3. The molecule has 0 spiro atoms. The number of amides is 3. The maximum atomic E-state index is 12.0. The van der Waals surface area contributed by atoms with Crippen molar-refractivity contribution in [2.45, 2.75) is 6.92 Å². The molecule has 1 aromatic heterocycles. The van der Waals surface area contributed by atoms with Crippen LogP contribution in [-0.2, 0) is 9.59 Å². The molecule has 7 nitrogen and oxygen atoms in total. The van der Waals surface area contributed by atoms with Crippen LogP contribution >= 0.6 is 11.3 Å². The highest BCUT2D eigenvalue weighted by Crippen LogP contribution is 2.26. The van der Waals surface area contributed by atoms with Crippen LogP contribution in [0, 0.1) is 0 Å². The molecule has 3 aromatic rings. The van der Waals surface area contributed by atoms with Crippen molar-refractivity contribution in [2.75, 3.05) is 17.2 Å². The van der Waals surface area contributed by atoms with Crippen LogP contribution in [0.5, 0.6) is 0 Å². The van der Waals surface area contributed by atoms with Crippen LogP contribution in [0.4, 0.5) is 10.8 Å². The monoisotopic (exact) mass is 394 g/mol. The first-order chi connectivity index (χ1) is 13.5. The predicted molar refractivity (Wildman–Crippen MR) is 109 cm³/mol. The Labute approximate surface area is 165 Å². The molecule has 0 aliphatic heterocycles. The molecule has 3 amide bonds. The van der Waals surface area contributed by atoms with Crippen LogP contribution in [0.1, 0.15) is 17.3 Å². The van der Waals surface area contributed by atoms with Gasteiger partial charge in [-0.1, -0.05) is 30.3 Å².